The van der Waals surface area contributed by atoms with E-state index in [1.165, 1.54) is 4.90 Å². The minimum atomic E-state index is -3.80. The summed E-state index contributed by atoms with van der Waals surface area (Å²) in [5.41, 5.74) is 5.04. The van der Waals surface area contributed by atoms with Crippen molar-refractivity contribution in [1.29, 1.82) is 0 Å². The Bertz CT molecular complexity index is 1390. The van der Waals surface area contributed by atoms with Crippen molar-refractivity contribution < 1.29 is 18.0 Å². The third-order valence-corrected chi connectivity index (χ3v) is 8.00. The van der Waals surface area contributed by atoms with Crippen molar-refractivity contribution in [3.8, 4) is 0 Å². The summed E-state index contributed by atoms with van der Waals surface area (Å²) in [5, 5.41) is 3.00. The molecule has 214 valence electrons. The molecule has 0 unspecified atom stereocenters. The molecule has 0 aliphatic rings. The normalized spacial score (nSPS) is 12.0. The Balaban J connectivity index is 2.04. The molecular formula is C32H41N3O4S. The van der Waals surface area contributed by atoms with Crippen LogP contribution in [0.3, 0.4) is 0 Å². The molecule has 0 fully saturated rings. The van der Waals surface area contributed by atoms with Crippen molar-refractivity contribution in [2.24, 2.45) is 0 Å². The largest absolute Gasteiger partial charge is 0.354 e. The number of nitrogens with zero attached hydrogens (tertiary/aromatic N) is 2. The van der Waals surface area contributed by atoms with Crippen LogP contribution in [-0.4, -0.2) is 50.5 Å². The molecule has 0 heterocycles. The van der Waals surface area contributed by atoms with E-state index in [1.807, 2.05) is 94.4 Å². The van der Waals surface area contributed by atoms with E-state index in [9.17, 15) is 18.0 Å². The fourth-order valence-electron chi connectivity index (χ4n) is 4.63. The van der Waals surface area contributed by atoms with Gasteiger partial charge in [0, 0.05) is 19.5 Å². The van der Waals surface area contributed by atoms with Crippen LogP contribution >= 0.6 is 0 Å². The number of carbonyl (C=O) groups is 2. The second kappa shape index (κ2) is 14.1. The van der Waals surface area contributed by atoms with Crippen LogP contribution in [0.5, 0.6) is 0 Å². The second-order valence-electron chi connectivity index (χ2n) is 10.4. The molecule has 1 N–H and O–H groups in total. The van der Waals surface area contributed by atoms with E-state index >= 15 is 0 Å². The van der Waals surface area contributed by atoms with E-state index in [2.05, 4.69) is 5.32 Å². The van der Waals surface area contributed by atoms with Gasteiger partial charge in [0.1, 0.15) is 12.6 Å². The minimum absolute atomic E-state index is 0.169. The SMILES string of the molecule is CCCCNC(=O)[C@@H](Cc1ccccc1)N(Cc1ccc(C)cc1)C(=O)CN(c1ccc(C)cc1C)S(C)(=O)=O. The number of benzene rings is 3. The van der Waals surface area contributed by atoms with Gasteiger partial charge in [0.25, 0.3) is 0 Å². The fourth-order valence-corrected chi connectivity index (χ4v) is 5.54. The fraction of sp³-hybridized carbons (Fsp3) is 0.375. The topological polar surface area (TPSA) is 86.8 Å². The van der Waals surface area contributed by atoms with Crippen LogP contribution < -0.4 is 9.62 Å². The number of sulfonamides is 1. The maximum Gasteiger partial charge on any atom is 0.244 e. The molecule has 3 rings (SSSR count). The van der Waals surface area contributed by atoms with Crippen LogP contribution in [0.1, 0.15) is 47.6 Å². The maximum absolute atomic E-state index is 14.1. The molecular weight excluding hydrogens is 522 g/mol. The monoisotopic (exact) mass is 563 g/mol. The lowest BCUT2D eigenvalue weighted by molar-refractivity contribution is -0.140. The van der Waals surface area contributed by atoms with Gasteiger partial charge in [0.05, 0.1) is 11.9 Å². The molecule has 0 spiro atoms. The van der Waals surface area contributed by atoms with E-state index in [0.717, 1.165) is 51.2 Å². The summed E-state index contributed by atoms with van der Waals surface area (Å²) in [4.78, 5) is 29.3. The van der Waals surface area contributed by atoms with Gasteiger partial charge in [-0.25, -0.2) is 8.42 Å². The van der Waals surface area contributed by atoms with Crippen LogP contribution in [0, 0.1) is 20.8 Å². The van der Waals surface area contributed by atoms with Crippen LogP contribution in [0.25, 0.3) is 0 Å². The third kappa shape index (κ3) is 8.68. The van der Waals surface area contributed by atoms with Gasteiger partial charge >= 0.3 is 0 Å². The molecule has 8 heteroatoms. The lowest BCUT2D eigenvalue weighted by Gasteiger charge is -2.34. The zero-order valence-corrected chi connectivity index (χ0v) is 25.0. The van der Waals surface area contributed by atoms with Crippen molar-refractivity contribution in [2.45, 2.75) is 59.5 Å². The summed E-state index contributed by atoms with van der Waals surface area (Å²) in [5.74, 6) is -0.701. The van der Waals surface area contributed by atoms with E-state index in [0.29, 0.717) is 18.7 Å². The zero-order chi connectivity index (χ0) is 29.3. The van der Waals surface area contributed by atoms with Crippen molar-refractivity contribution >= 4 is 27.5 Å². The van der Waals surface area contributed by atoms with Crippen LogP contribution in [0.4, 0.5) is 5.69 Å². The summed E-state index contributed by atoms with van der Waals surface area (Å²) in [6.45, 7) is 8.05. The van der Waals surface area contributed by atoms with Crippen molar-refractivity contribution in [3.05, 3.63) is 101 Å². The van der Waals surface area contributed by atoms with Gasteiger partial charge in [-0.15, -0.1) is 0 Å². The van der Waals surface area contributed by atoms with Gasteiger partial charge in [0.15, 0.2) is 0 Å². The molecule has 2 amide bonds. The molecule has 40 heavy (non-hydrogen) atoms. The number of hydrogen-bond acceptors (Lipinski definition) is 4. The lowest BCUT2D eigenvalue weighted by atomic mass is 10.0. The Morgan fingerprint density at radius 3 is 2.12 bits per heavy atom. The maximum atomic E-state index is 14.1. The quantitative estimate of drug-likeness (QED) is 0.299. The number of carbonyl (C=O) groups excluding carboxylic acids is 2. The molecule has 0 aliphatic carbocycles. The van der Waals surface area contributed by atoms with Gasteiger partial charge in [0.2, 0.25) is 21.8 Å². The van der Waals surface area contributed by atoms with Crippen molar-refractivity contribution in [3.63, 3.8) is 0 Å². The second-order valence-corrected chi connectivity index (χ2v) is 12.3. The molecule has 0 radical (unpaired) electrons. The molecule has 3 aromatic rings. The summed E-state index contributed by atoms with van der Waals surface area (Å²) in [7, 11) is -3.80. The Kier molecular flexibility index (Phi) is 10.9. The molecule has 7 nitrogen and oxygen atoms in total. The molecule has 3 aromatic carbocycles. The molecule has 0 aliphatic heterocycles. The summed E-state index contributed by atoms with van der Waals surface area (Å²) >= 11 is 0. The summed E-state index contributed by atoms with van der Waals surface area (Å²) in [6, 6.07) is 22.0. The zero-order valence-electron chi connectivity index (χ0n) is 24.2. The number of rotatable bonds is 13. The number of unbranched alkanes of at least 4 members (excludes halogenated alkanes) is 1. The van der Waals surface area contributed by atoms with Crippen molar-refractivity contribution in [1.82, 2.24) is 10.2 Å². The van der Waals surface area contributed by atoms with Gasteiger partial charge in [-0.05, 0) is 49.9 Å². The number of nitrogens with one attached hydrogen (secondary N) is 1. The predicted molar refractivity (Wildman–Crippen MR) is 162 cm³/mol. The van der Waals surface area contributed by atoms with Gasteiger partial charge in [-0.2, -0.15) is 0 Å². The van der Waals surface area contributed by atoms with Crippen LogP contribution in [-0.2, 0) is 32.6 Å². The Morgan fingerprint density at radius 1 is 0.875 bits per heavy atom. The Morgan fingerprint density at radius 2 is 1.52 bits per heavy atom. The molecule has 0 bridgehead atoms. The van der Waals surface area contributed by atoms with Crippen LogP contribution in [0.2, 0.25) is 0 Å². The Hall–Kier alpha value is -3.65. The van der Waals surface area contributed by atoms with E-state index in [-0.39, 0.29) is 12.5 Å². The first-order valence-electron chi connectivity index (χ1n) is 13.7. The van der Waals surface area contributed by atoms with E-state index in [1.54, 1.807) is 6.07 Å². The van der Waals surface area contributed by atoms with Crippen molar-refractivity contribution in [2.75, 3.05) is 23.7 Å². The molecule has 1 atom stereocenters. The van der Waals surface area contributed by atoms with E-state index in [4.69, 9.17) is 0 Å². The minimum Gasteiger partial charge on any atom is -0.354 e. The highest BCUT2D eigenvalue weighted by molar-refractivity contribution is 7.92. The summed E-state index contributed by atoms with van der Waals surface area (Å²) < 4.78 is 27.1. The molecule has 0 saturated heterocycles. The number of hydrogen-bond donors (Lipinski definition) is 1. The molecule has 0 saturated carbocycles. The molecule has 0 aromatic heterocycles. The highest BCUT2D eigenvalue weighted by atomic mass is 32.2. The van der Waals surface area contributed by atoms with Gasteiger partial charge < -0.3 is 10.2 Å². The number of amides is 2. The van der Waals surface area contributed by atoms with Crippen LogP contribution in [0.15, 0.2) is 72.8 Å². The van der Waals surface area contributed by atoms with Gasteiger partial charge in [-0.1, -0.05) is 91.2 Å². The van der Waals surface area contributed by atoms with Gasteiger partial charge in [-0.3, -0.25) is 13.9 Å². The summed E-state index contributed by atoms with van der Waals surface area (Å²) in [6.07, 6.45) is 3.15. The first kappa shape index (κ1) is 30.9. The van der Waals surface area contributed by atoms with E-state index < -0.39 is 28.5 Å². The smallest absolute Gasteiger partial charge is 0.244 e. The Labute approximate surface area is 239 Å². The highest BCUT2D eigenvalue weighted by Gasteiger charge is 2.33. The lowest BCUT2D eigenvalue weighted by Crippen LogP contribution is -2.53. The first-order chi connectivity index (χ1) is 19.0. The number of anilines is 1. The predicted octanol–water partition coefficient (Wildman–Crippen LogP) is 4.93. The third-order valence-electron chi connectivity index (χ3n) is 6.87. The average molecular weight is 564 g/mol. The first-order valence-corrected chi connectivity index (χ1v) is 15.6. The highest BCUT2D eigenvalue weighted by Crippen LogP contribution is 2.25. The average Bonchev–Trinajstić information content (AvgIpc) is 2.90. The standard InChI is InChI=1S/C32H41N3O4S/c1-6-7-19-33-32(37)30(21-27-11-9-8-10-12-27)34(22-28-16-13-24(2)14-17-28)31(36)23-35(40(5,38)39)29-18-15-25(3)20-26(29)4/h8-18,20,30H,6-7,19,21-23H2,1-5H3,(H,33,37)/t30-/m1/s1. The number of aryl methyl sites for hydroxylation is 3.